The number of sulfonamides is 1. The maximum Gasteiger partial charge on any atom is 0.209 e. The van der Waals surface area contributed by atoms with Crippen molar-refractivity contribution in [2.24, 2.45) is 11.1 Å². The quantitative estimate of drug-likeness (QED) is 0.684. The lowest BCUT2D eigenvalue weighted by Crippen LogP contribution is -2.31. The SMILES string of the molecule is CCC(C)CN(CC)CCCS(N)(=O)=O. The summed E-state index contributed by atoms with van der Waals surface area (Å²) < 4.78 is 21.5. The van der Waals surface area contributed by atoms with Crippen molar-refractivity contribution >= 4 is 10.0 Å². The van der Waals surface area contributed by atoms with Crippen molar-refractivity contribution < 1.29 is 8.42 Å². The van der Waals surface area contributed by atoms with E-state index in [2.05, 4.69) is 25.7 Å². The van der Waals surface area contributed by atoms with E-state index in [0.29, 0.717) is 12.3 Å². The molecule has 0 saturated carbocycles. The third kappa shape index (κ3) is 8.84. The van der Waals surface area contributed by atoms with Crippen molar-refractivity contribution in [2.75, 3.05) is 25.4 Å². The fourth-order valence-corrected chi connectivity index (χ4v) is 1.97. The molecule has 0 aliphatic carbocycles. The highest BCUT2D eigenvalue weighted by Gasteiger charge is 2.08. The number of nitrogens with zero attached hydrogens (tertiary/aromatic N) is 1. The van der Waals surface area contributed by atoms with Gasteiger partial charge in [-0.2, -0.15) is 0 Å². The Hall–Kier alpha value is -0.130. The zero-order valence-corrected chi connectivity index (χ0v) is 10.9. The van der Waals surface area contributed by atoms with Gasteiger partial charge in [0.05, 0.1) is 5.75 Å². The Balaban J connectivity index is 3.80. The van der Waals surface area contributed by atoms with E-state index in [0.717, 1.165) is 26.1 Å². The van der Waals surface area contributed by atoms with Crippen molar-refractivity contribution in [1.29, 1.82) is 0 Å². The molecule has 0 aromatic rings. The smallest absolute Gasteiger partial charge is 0.209 e. The maximum atomic E-state index is 10.7. The van der Waals surface area contributed by atoms with Gasteiger partial charge in [0.2, 0.25) is 10.0 Å². The highest BCUT2D eigenvalue weighted by Crippen LogP contribution is 2.04. The van der Waals surface area contributed by atoms with E-state index in [4.69, 9.17) is 5.14 Å². The summed E-state index contributed by atoms with van der Waals surface area (Å²) in [6, 6.07) is 0. The van der Waals surface area contributed by atoms with E-state index in [1.807, 2.05) is 0 Å². The van der Waals surface area contributed by atoms with Crippen LogP contribution in [-0.4, -0.2) is 38.7 Å². The van der Waals surface area contributed by atoms with Crippen LogP contribution in [0.1, 0.15) is 33.6 Å². The summed E-state index contributed by atoms with van der Waals surface area (Å²) in [5.41, 5.74) is 0. The predicted molar refractivity (Wildman–Crippen MR) is 64.2 cm³/mol. The Kier molecular flexibility index (Phi) is 7.13. The molecule has 0 aromatic heterocycles. The molecule has 0 spiro atoms. The first-order valence-electron chi connectivity index (χ1n) is 5.61. The van der Waals surface area contributed by atoms with E-state index >= 15 is 0 Å². The second-order valence-corrected chi connectivity index (χ2v) is 5.86. The number of rotatable bonds is 8. The Labute approximate surface area is 93.9 Å². The first-order chi connectivity index (χ1) is 6.89. The normalized spacial score (nSPS) is 14.5. The molecule has 92 valence electrons. The fourth-order valence-electron chi connectivity index (χ4n) is 1.44. The van der Waals surface area contributed by atoms with Crippen molar-refractivity contribution in [3.8, 4) is 0 Å². The summed E-state index contributed by atoms with van der Waals surface area (Å²) in [4.78, 5) is 2.28. The van der Waals surface area contributed by atoms with Gasteiger partial charge in [0, 0.05) is 6.54 Å². The van der Waals surface area contributed by atoms with Gasteiger partial charge >= 0.3 is 0 Å². The van der Waals surface area contributed by atoms with Gasteiger partial charge in [-0.15, -0.1) is 0 Å². The van der Waals surface area contributed by atoms with Crippen LogP contribution < -0.4 is 5.14 Å². The predicted octanol–water partition coefficient (Wildman–Crippen LogP) is 1.03. The minimum absolute atomic E-state index is 0.0873. The van der Waals surface area contributed by atoms with Gasteiger partial charge in [-0.3, -0.25) is 0 Å². The van der Waals surface area contributed by atoms with E-state index in [-0.39, 0.29) is 5.75 Å². The number of primary sulfonamides is 1. The highest BCUT2D eigenvalue weighted by atomic mass is 32.2. The Morgan fingerprint density at radius 2 is 1.93 bits per heavy atom. The molecule has 0 aliphatic rings. The minimum Gasteiger partial charge on any atom is -0.303 e. The summed E-state index contributed by atoms with van der Waals surface area (Å²) in [6.07, 6.45) is 1.79. The van der Waals surface area contributed by atoms with Crippen molar-refractivity contribution in [3.63, 3.8) is 0 Å². The number of hydrogen-bond acceptors (Lipinski definition) is 3. The van der Waals surface area contributed by atoms with Crippen LogP contribution in [-0.2, 0) is 10.0 Å². The summed E-state index contributed by atoms with van der Waals surface area (Å²) in [6.45, 7) is 9.30. The average molecular weight is 236 g/mol. The zero-order valence-electron chi connectivity index (χ0n) is 10.1. The molecular formula is C10H24N2O2S. The Morgan fingerprint density at radius 3 is 2.33 bits per heavy atom. The van der Waals surface area contributed by atoms with E-state index < -0.39 is 10.0 Å². The van der Waals surface area contributed by atoms with Crippen LogP contribution in [0.5, 0.6) is 0 Å². The van der Waals surface area contributed by atoms with Crippen LogP contribution in [0.3, 0.4) is 0 Å². The molecule has 5 heteroatoms. The van der Waals surface area contributed by atoms with Gasteiger partial charge in [-0.25, -0.2) is 13.6 Å². The van der Waals surface area contributed by atoms with Crippen LogP contribution in [0.15, 0.2) is 0 Å². The second kappa shape index (κ2) is 7.19. The summed E-state index contributed by atoms with van der Waals surface area (Å²) >= 11 is 0. The van der Waals surface area contributed by atoms with Gasteiger partial charge in [-0.1, -0.05) is 27.2 Å². The molecule has 0 bridgehead atoms. The molecule has 0 aromatic carbocycles. The van der Waals surface area contributed by atoms with Gasteiger partial charge in [0.25, 0.3) is 0 Å². The molecule has 0 fully saturated rings. The molecule has 0 aliphatic heterocycles. The van der Waals surface area contributed by atoms with E-state index in [1.54, 1.807) is 0 Å². The number of nitrogens with two attached hydrogens (primary N) is 1. The molecule has 1 atom stereocenters. The molecule has 0 amide bonds. The average Bonchev–Trinajstić information content (AvgIpc) is 2.14. The topological polar surface area (TPSA) is 63.4 Å². The Bertz CT molecular complexity index is 252. The third-order valence-electron chi connectivity index (χ3n) is 2.62. The van der Waals surface area contributed by atoms with Gasteiger partial charge in [0.1, 0.15) is 0 Å². The molecule has 1 unspecified atom stereocenters. The van der Waals surface area contributed by atoms with E-state index in [1.165, 1.54) is 0 Å². The monoisotopic (exact) mass is 236 g/mol. The second-order valence-electron chi connectivity index (χ2n) is 4.13. The molecule has 15 heavy (non-hydrogen) atoms. The van der Waals surface area contributed by atoms with Crippen molar-refractivity contribution in [1.82, 2.24) is 4.90 Å². The first kappa shape index (κ1) is 14.9. The summed E-state index contributed by atoms with van der Waals surface area (Å²) in [5, 5.41) is 4.94. The molecule has 2 N–H and O–H groups in total. The van der Waals surface area contributed by atoms with Crippen LogP contribution >= 0.6 is 0 Å². The van der Waals surface area contributed by atoms with Crippen molar-refractivity contribution in [3.05, 3.63) is 0 Å². The van der Waals surface area contributed by atoms with Crippen LogP contribution in [0.4, 0.5) is 0 Å². The third-order valence-corrected chi connectivity index (χ3v) is 3.47. The molecule has 0 rings (SSSR count). The van der Waals surface area contributed by atoms with E-state index in [9.17, 15) is 8.42 Å². The molecule has 4 nitrogen and oxygen atoms in total. The lowest BCUT2D eigenvalue weighted by molar-refractivity contribution is 0.246. The van der Waals surface area contributed by atoms with Crippen molar-refractivity contribution in [2.45, 2.75) is 33.6 Å². The first-order valence-corrected chi connectivity index (χ1v) is 7.33. The standard InChI is InChI=1S/C10H24N2O2S/c1-4-10(3)9-12(5-2)7-6-8-15(11,13)14/h10H,4-9H2,1-3H3,(H2,11,13,14). The fraction of sp³-hybridized carbons (Fsp3) is 1.00. The molecular weight excluding hydrogens is 212 g/mol. The van der Waals surface area contributed by atoms with Gasteiger partial charge < -0.3 is 4.90 Å². The molecule has 0 radical (unpaired) electrons. The number of hydrogen-bond donors (Lipinski definition) is 1. The molecule has 0 heterocycles. The lowest BCUT2D eigenvalue weighted by Gasteiger charge is -2.23. The van der Waals surface area contributed by atoms with Crippen LogP contribution in [0, 0.1) is 5.92 Å². The van der Waals surface area contributed by atoms with Gasteiger partial charge in [-0.05, 0) is 25.4 Å². The Morgan fingerprint density at radius 1 is 1.33 bits per heavy atom. The van der Waals surface area contributed by atoms with Gasteiger partial charge in [0.15, 0.2) is 0 Å². The lowest BCUT2D eigenvalue weighted by atomic mass is 10.1. The minimum atomic E-state index is -3.29. The highest BCUT2D eigenvalue weighted by molar-refractivity contribution is 7.89. The summed E-state index contributed by atoms with van der Waals surface area (Å²) in [5.74, 6) is 0.753. The summed E-state index contributed by atoms with van der Waals surface area (Å²) in [7, 11) is -3.29. The van der Waals surface area contributed by atoms with Crippen LogP contribution in [0.25, 0.3) is 0 Å². The maximum absolute atomic E-state index is 10.7. The molecule has 0 saturated heterocycles. The van der Waals surface area contributed by atoms with Crippen LogP contribution in [0.2, 0.25) is 0 Å². The largest absolute Gasteiger partial charge is 0.303 e. The zero-order chi connectivity index (χ0) is 11.9.